The zero-order valence-corrected chi connectivity index (χ0v) is 20.5. The maximum atomic E-state index is 13.2. The molecule has 1 amide bonds. The van der Waals surface area contributed by atoms with Crippen LogP contribution in [0.5, 0.6) is 0 Å². The van der Waals surface area contributed by atoms with Crippen molar-refractivity contribution in [3.05, 3.63) is 74.5 Å². The second-order valence-electron chi connectivity index (χ2n) is 9.11. The van der Waals surface area contributed by atoms with Crippen LogP contribution in [0.3, 0.4) is 0 Å². The van der Waals surface area contributed by atoms with Crippen molar-refractivity contribution in [3.63, 3.8) is 0 Å². The summed E-state index contributed by atoms with van der Waals surface area (Å²) in [5.74, 6) is -0.152. The number of hydrogen-bond donors (Lipinski definition) is 1. The van der Waals surface area contributed by atoms with E-state index in [4.69, 9.17) is 23.2 Å². The van der Waals surface area contributed by atoms with E-state index in [-0.39, 0.29) is 5.91 Å². The van der Waals surface area contributed by atoms with E-state index in [1.54, 1.807) is 16.8 Å². The zero-order valence-electron chi connectivity index (χ0n) is 19.0. The predicted octanol–water partition coefficient (Wildman–Crippen LogP) is 6.00. The Balaban J connectivity index is 1.35. The number of aromatic nitrogens is 2. The number of aryl methyl sites for hydroxylation is 1. The van der Waals surface area contributed by atoms with Gasteiger partial charge < -0.3 is 5.32 Å². The van der Waals surface area contributed by atoms with Gasteiger partial charge in [0.05, 0.1) is 32.7 Å². The van der Waals surface area contributed by atoms with Crippen LogP contribution in [0.2, 0.25) is 10.0 Å². The third-order valence-corrected chi connectivity index (χ3v) is 7.80. The molecule has 5 rings (SSSR count). The number of carbonyl (C=O) groups is 1. The van der Waals surface area contributed by atoms with Crippen LogP contribution in [0.25, 0.3) is 5.69 Å². The van der Waals surface area contributed by atoms with Crippen molar-refractivity contribution in [2.75, 3.05) is 18.4 Å². The first-order valence-corrected chi connectivity index (χ1v) is 12.3. The molecule has 0 atom stereocenters. The van der Waals surface area contributed by atoms with E-state index in [2.05, 4.69) is 27.4 Å². The molecule has 0 bridgehead atoms. The lowest BCUT2D eigenvalue weighted by atomic mass is 9.91. The number of carbonyl (C=O) groups excluding carboxylic acids is 1. The molecule has 1 aliphatic carbocycles. The van der Waals surface area contributed by atoms with Crippen LogP contribution in [0.4, 0.5) is 5.69 Å². The van der Waals surface area contributed by atoms with Gasteiger partial charge in [0.15, 0.2) is 0 Å². The number of benzene rings is 2. The number of nitrogens with one attached hydrogen (secondary N) is 1. The Hall–Kier alpha value is -2.34. The van der Waals surface area contributed by atoms with Crippen molar-refractivity contribution >= 4 is 34.8 Å². The summed E-state index contributed by atoms with van der Waals surface area (Å²) in [6.45, 7) is 5.98. The minimum Gasteiger partial charge on any atom is -0.322 e. The molecule has 0 spiro atoms. The summed E-state index contributed by atoms with van der Waals surface area (Å²) in [7, 11) is 0. The van der Waals surface area contributed by atoms with E-state index < -0.39 is 0 Å². The highest BCUT2D eigenvalue weighted by Gasteiger charge is 2.26. The van der Waals surface area contributed by atoms with E-state index in [1.165, 1.54) is 30.4 Å². The molecular formula is C26H28Cl2N4O. The molecule has 2 aliphatic rings. The summed E-state index contributed by atoms with van der Waals surface area (Å²) in [5, 5.41) is 8.62. The molecular weight excluding hydrogens is 455 g/mol. The maximum Gasteiger partial charge on any atom is 0.259 e. The van der Waals surface area contributed by atoms with E-state index in [0.717, 1.165) is 49.0 Å². The smallest absolute Gasteiger partial charge is 0.259 e. The van der Waals surface area contributed by atoms with Gasteiger partial charge in [-0.25, -0.2) is 4.68 Å². The van der Waals surface area contributed by atoms with Gasteiger partial charge in [-0.2, -0.15) is 5.10 Å². The average molecular weight is 483 g/mol. The van der Waals surface area contributed by atoms with Gasteiger partial charge in [-0.1, -0.05) is 35.7 Å². The number of rotatable bonds is 4. The van der Waals surface area contributed by atoms with Crippen LogP contribution in [0.15, 0.2) is 36.4 Å². The summed E-state index contributed by atoms with van der Waals surface area (Å²) in [5.41, 5.74) is 6.34. The van der Waals surface area contributed by atoms with Crippen molar-refractivity contribution < 1.29 is 4.79 Å². The lowest BCUT2D eigenvalue weighted by molar-refractivity contribution is 0.102. The molecule has 1 N–H and O–H groups in total. The van der Waals surface area contributed by atoms with Crippen molar-refractivity contribution in [2.24, 2.45) is 0 Å². The molecule has 1 aliphatic heterocycles. The van der Waals surface area contributed by atoms with Crippen molar-refractivity contribution in [3.8, 4) is 5.69 Å². The molecule has 0 saturated heterocycles. The predicted molar refractivity (Wildman–Crippen MR) is 134 cm³/mol. The van der Waals surface area contributed by atoms with E-state index in [9.17, 15) is 4.79 Å². The molecule has 1 aromatic heterocycles. The number of amides is 1. The van der Waals surface area contributed by atoms with Crippen LogP contribution in [0, 0.1) is 13.8 Å². The summed E-state index contributed by atoms with van der Waals surface area (Å²) < 4.78 is 1.73. The van der Waals surface area contributed by atoms with Crippen molar-refractivity contribution in [1.82, 2.24) is 14.7 Å². The normalized spacial score (nSPS) is 16.7. The zero-order chi connectivity index (χ0) is 23.1. The van der Waals surface area contributed by atoms with Gasteiger partial charge in [-0.05, 0) is 81.0 Å². The number of hydrogen-bond acceptors (Lipinski definition) is 3. The second-order valence-corrected chi connectivity index (χ2v) is 9.93. The van der Waals surface area contributed by atoms with Gasteiger partial charge in [0.25, 0.3) is 5.91 Å². The quantitative estimate of drug-likeness (QED) is 0.495. The highest BCUT2D eigenvalue weighted by molar-refractivity contribution is 6.42. The maximum absolute atomic E-state index is 13.2. The molecule has 5 nitrogen and oxygen atoms in total. The molecule has 1 saturated carbocycles. The Morgan fingerprint density at radius 1 is 1.00 bits per heavy atom. The second kappa shape index (κ2) is 9.13. The SMILES string of the molecule is Cc1nn(-c2ccc(Cl)c(Cl)c2)c(C)c1C(=O)Nc1ccc2c(c1)CCN(C1CCC1)CC2. The monoisotopic (exact) mass is 482 g/mol. The fourth-order valence-electron chi connectivity index (χ4n) is 4.97. The molecule has 0 radical (unpaired) electrons. The van der Waals surface area contributed by atoms with Gasteiger partial charge in [-0.3, -0.25) is 9.69 Å². The molecule has 172 valence electrons. The summed E-state index contributed by atoms with van der Waals surface area (Å²) in [4.78, 5) is 15.9. The molecule has 2 heterocycles. The van der Waals surface area contributed by atoms with E-state index >= 15 is 0 Å². The third-order valence-electron chi connectivity index (χ3n) is 7.06. The first-order valence-electron chi connectivity index (χ1n) is 11.6. The van der Waals surface area contributed by atoms with E-state index in [1.807, 2.05) is 26.0 Å². The van der Waals surface area contributed by atoms with Gasteiger partial charge in [0.1, 0.15) is 0 Å². The minimum atomic E-state index is -0.152. The van der Waals surface area contributed by atoms with Crippen LogP contribution in [-0.4, -0.2) is 39.7 Å². The standard InChI is InChI=1S/C26H28Cl2N4O/c1-16-25(17(2)32(30-16)22-8-9-23(27)24(28)15-22)26(33)29-20-7-6-18-10-12-31(21-4-3-5-21)13-11-19(18)14-20/h6-9,14-15,21H,3-5,10-13H2,1-2H3,(H,29,33). The molecule has 7 heteroatoms. The average Bonchev–Trinajstić information content (AvgIpc) is 2.91. The summed E-state index contributed by atoms with van der Waals surface area (Å²) in [6, 6.07) is 12.4. The Morgan fingerprint density at radius 3 is 2.45 bits per heavy atom. The van der Waals surface area contributed by atoms with Crippen molar-refractivity contribution in [2.45, 2.75) is 52.0 Å². The lowest BCUT2D eigenvalue weighted by Crippen LogP contribution is -2.41. The largest absolute Gasteiger partial charge is 0.322 e. The number of anilines is 1. The first kappa shape index (κ1) is 22.5. The fourth-order valence-corrected chi connectivity index (χ4v) is 5.26. The minimum absolute atomic E-state index is 0.152. The van der Waals surface area contributed by atoms with Gasteiger partial charge in [-0.15, -0.1) is 0 Å². The fraction of sp³-hybridized carbons (Fsp3) is 0.385. The van der Waals surface area contributed by atoms with Gasteiger partial charge >= 0.3 is 0 Å². The van der Waals surface area contributed by atoms with Crippen LogP contribution in [0.1, 0.15) is 52.1 Å². The first-order chi connectivity index (χ1) is 15.9. The van der Waals surface area contributed by atoms with Gasteiger partial charge in [0.2, 0.25) is 0 Å². The molecule has 2 aromatic carbocycles. The highest BCUT2D eigenvalue weighted by atomic mass is 35.5. The van der Waals surface area contributed by atoms with Crippen LogP contribution in [-0.2, 0) is 12.8 Å². The summed E-state index contributed by atoms with van der Waals surface area (Å²) in [6.07, 6.45) is 6.15. The van der Waals surface area contributed by atoms with Gasteiger partial charge in [0, 0.05) is 24.8 Å². The molecule has 1 fully saturated rings. The molecule has 3 aromatic rings. The Morgan fingerprint density at radius 2 is 1.76 bits per heavy atom. The lowest BCUT2D eigenvalue weighted by Gasteiger charge is -2.36. The summed E-state index contributed by atoms with van der Waals surface area (Å²) >= 11 is 12.2. The molecule has 33 heavy (non-hydrogen) atoms. The van der Waals surface area contributed by atoms with E-state index in [0.29, 0.717) is 21.3 Å². The molecule has 0 unspecified atom stereocenters. The highest BCUT2D eigenvalue weighted by Crippen LogP contribution is 2.29. The number of halogens is 2. The topological polar surface area (TPSA) is 50.2 Å². The van der Waals surface area contributed by atoms with Crippen LogP contribution < -0.4 is 5.32 Å². The Bertz CT molecular complexity index is 1220. The Labute approximate surface area is 204 Å². The van der Waals surface area contributed by atoms with Crippen LogP contribution >= 0.6 is 23.2 Å². The number of nitrogens with zero attached hydrogens (tertiary/aromatic N) is 3. The Kier molecular flexibility index (Phi) is 6.21. The third kappa shape index (κ3) is 4.42. The number of fused-ring (bicyclic) bond motifs is 1. The van der Waals surface area contributed by atoms with Crippen molar-refractivity contribution in [1.29, 1.82) is 0 Å².